The standard InChI is InChI=1S/C25H38BrFN2O5/c1-15-13-25(20(30)33-22(2,3)4,10-11-29(15)21(31)34-23(5,6)7)14-17-19(27)16(24(8,9)32)12-18(26)28-17/h12,15,32H,10-11,13-14H2,1-9H3/t15-,25-/m1/s1. The minimum Gasteiger partial charge on any atom is -0.460 e. The van der Waals surface area contributed by atoms with Crippen molar-refractivity contribution >= 4 is 28.0 Å². The van der Waals surface area contributed by atoms with E-state index in [0.29, 0.717) is 4.60 Å². The van der Waals surface area contributed by atoms with Crippen LogP contribution in [0.2, 0.25) is 0 Å². The maximum atomic E-state index is 15.5. The molecular weight excluding hydrogens is 507 g/mol. The number of pyridine rings is 1. The number of nitrogens with zero attached hydrogens (tertiary/aromatic N) is 2. The highest BCUT2D eigenvalue weighted by Gasteiger charge is 2.49. The van der Waals surface area contributed by atoms with Gasteiger partial charge in [-0.05, 0) is 97.2 Å². The van der Waals surface area contributed by atoms with Crippen LogP contribution in [0.5, 0.6) is 0 Å². The van der Waals surface area contributed by atoms with E-state index in [0.717, 1.165) is 0 Å². The lowest BCUT2D eigenvalue weighted by Gasteiger charge is -2.45. The van der Waals surface area contributed by atoms with Gasteiger partial charge in [0.25, 0.3) is 0 Å². The van der Waals surface area contributed by atoms with Gasteiger partial charge in [0.05, 0.1) is 16.7 Å². The highest BCUT2D eigenvalue weighted by molar-refractivity contribution is 9.10. The number of esters is 1. The average molecular weight is 545 g/mol. The molecule has 0 radical (unpaired) electrons. The molecule has 0 saturated carbocycles. The van der Waals surface area contributed by atoms with Crippen LogP contribution in [0.3, 0.4) is 0 Å². The van der Waals surface area contributed by atoms with E-state index in [2.05, 4.69) is 20.9 Å². The van der Waals surface area contributed by atoms with Gasteiger partial charge in [-0.2, -0.15) is 0 Å². The highest BCUT2D eigenvalue weighted by atomic mass is 79.9. The van der Waals surface area contributed by atoms with Crippen molar-refractivity contribution in [2.45, 2.75) is 104 Å². The van der Waals surface area contributed by atoms with Gasteiger partial charge in [0.15, 0.2) is 5.82 Å². The fourth-order valence-electron chi connectivity index (χ4n) is 4.16. The van der Waals surface area contributed by atoms with E-state index in [1.165, 1.54) is 19.9 Å². The number of ether oxygens (including phenoxy) is 2. The van der Waals surface area contributed by atoms with Crippen LogP contribution in [0.4, 0.5) is 9.18 Å². The Bertz CT molecular complexity index is 933. The Morgan fingerprint density at radius 2 is 1.74 bits per heavy atom. The van der Waals surface area contributed by atoms with E-state index < -0.39 is 40.1 Å². The number of aromatic nitrogens is 1. The lowest BCUT2D eigenvalue weighted by molar-refractivity contribution is -0.172. The summed E-state index contributed by atoms with van der Waals surface area (Å²) in [6, 6.07) is 1.09. The van der Waals surface area contributed by atoms with Gasteiger partial charge in [0.2, 0.25) is 0 Å². The van der Waals surface area contributed by atoms with Gasteiger partial charge >= 0.3 is 12.1 Å². The Morgan fingerprint density at radius 1 is 1.18 bits per heavy atom. The molecule has 0 aromatic carbocycles. The lowest BCUT2D eigenvalue weighted by atomic mass is 9.72. The van der Waals surface area contributed by atoms with Gasteiger partial charge < -0.3 is 19.5 Å². The molecule has 1 aromatic rings. The number of aliphatic hydroxyl groups is 1. The summed E-state index contributed by atoms with van der Waals surface area (Å²) >= 11 is 3.30. The number of carbonyl (C=O) groups excluding carboxylic acids is 2. The molecule has 0 spiro atoms. The van der Waals surface area contributed by atoms with Crippen LogP contribution in [0.15, 0.2) is 10.7 Å². The Hall–Kier alpha value is -1.74. The molecule has 2 rings (SSSR count). The number of halogens is 2. The number of carbonyl (C=O) groups is 2. The van der Waals surface area contributed by atoms with Gasteiger partial charge in [-0.25, -0.2) is 14.2 Å². The van der Waals surface area contributed by atoms with Crippen LogP contribution in [-0.2, 0) is 26.3 Å². The summed E-state index contributed by atoms with van der Waals surface area (Å²) in [6.45, 7) is 15.8. The van der Waals surface area contributed by atoms with Crippen molar-refractivity contribution in [1.82, 2.24) is 9.88 Å². The molecule has 2 atom stereocenters. The number of amides is 1. The highest BCUT2D eigenvalue weighted by Crippen LogP contribution is 2.42. The monoisotopic (exact) mass is 544 g/mol. The Morgan fingerprint density at radius 3 is 2.21 bits per heavy atom. The van der Waals surface area contributed by atoms with Gasteiger partial charge in [0, 0.05) is 24.6 Å². The fraction of sp³-hybridized carbons (Fsp3) is 0.720. The molecule has 9 heteroatoms. The molecule has 0 aliphatic carbocycles. The second-order valence-electron chi connectivity index (χ2n) is 11.7. The number of likely N-dealkylation sites (tertiary alicyclic amines) is 1. The third kappa shape index (κ3) is 7.13. The van der Waals surface area contributed by atoms with Gasteiger partial charge in [0.1, 0.15) is 15.8 Å². The van der Waals surface area contributed by atoms with Gasteiger partial charge in [-0.3, -0.25) is 4.79 Å². The van der Waals surface area contributed by atoms with Crippen molar-refractivity contribution in [2.24, 2.45) is 5.41 Å². The summed E-state index contributed by atoms with van der Waals surface area (Å²) in [5, 5.41) is 10.4. The largest absolute Gasteiger partial charge is 0.460 e. The molecule has 1 aliphatic rings. The van der Waals surface area contributed by atoms with E-state index in [-0.39, 0.29) is 43.1 Å². The zero-order valence-electron chi connectivity index (χ0n) is 21.7. The molecule has 1 aliphatic heterocycles. The molecular formula is C25H38BrFN2O5. The maximum Gasteiger partial charge on any atom is 0.410 e. The van der Waals surface area contributed by atoms with Crippen LogP contribution >= 0.6 is 15.9 Å². The third-order valence-electron chi connectivity index (χ3n) is 5.67. The summed E-state index contributed by atoms with van der Waals surface area (Å²) in [6.07, 6.45) is 0.0423. The van der Waals surface area contributed by atoms with Crippen molar-refractivity contribution in [3.63, 3.8) is 0 Å². The smallest absolute Gasteiger partial charge is 0.410 e. The molecule has 192 valence electrons. The van der Waals surface area contributed by atoms with Crippen molar-refractivity contribution in [3.05, 3.63) is 27.7 Å². The summed E-state index contributed by atoms with van der Waals surface area (Å²) in [7, 11) is 0. The summed E-state index contributed by atoms with van der Waals surface area (Å²) < 4.78 is 27.1. The van der Waals surface area contributed by atoms with Gasteiger partial charge in [-0.15, -0.1) is 0 Å². The molecule has 1 amide bonds. The first-order chi connectivity index (χ1) is 15.2. The van der Waals surface area contributed by atoms with Gasteiger partial charge in [-0.1, -0.05) is 0 Å². The maximum absolute atomic E-state index is 15.5. The second-order valence-corrected chi connectivity index (χ2v) is 12.6. The zero-order chi connectivity index (χ0) is 26.3. The molecule has 2 heterocycles. The average Bonchev–Trinajstić information content (AvgIpc) is 2.60. The van der Waals surface area contributed by atoms with E-state index >= 15 is 4.39 Å². The Labute approximate surface area is 210 Å². The first kappa shape index (κ1) is 28.5. The van der Waals surface area contributed by atoms with Crippen molar-refractivity contribution in [1.29, 1.82) is 0 Å². The lowest BCUT2D eigenvalue weighted by Crippen LogP contribution is -2.54. The number of rotatable bonds is 4. The van der Waals surface area contributed by atoms with Crippen LogP contribution in [0, 0.1) is 11.2 Å². The SMILES string of the molecule is C[C@@H]1C[C@](Cc2nc(Br)cc(C(C)(C)O)c2F)(C(=O)OC(C)(C)C)CCN1C(=O)OC(C)(C)C. The predicted molar refractivity (Wildman–Crippen MR) is 131 cm³/mol. The molecule has 1 fully saturated rings. The first-order valence-corrected chi connectivity index (χ1v) is 12.3. The molecule has 1 saturated heterocycles. The van der Waals surface area contributed by atoms with E-state index in [4.69, 9.17) is 9.47 Å². The third-order valence-corrected chi connectivity index (χ3v) is 6.08. The Kier molecular flexibility index (Phi) is 8.15. The van der Waals surface area contributed by atoms with Crippen LogP contribution in [0.1, 0.15) is 86.4 Å². The molecule has 0 bridgehead atoms. The molecule has 34 heavy (non-hydrogen) atoms. The number of hydrogen-bond acceptors (Lipinski definition) is 6. The van der Waals surface area contributed by atoms with E-state index in [9.17, 15) is 14.7 Å². The van der Waals surface area contributed by atoms with Crippen LogP contribution in [0.25, 0.3) is 0 Å². The molecule has 7 nitrogen and oxygen atoms in total. The summed E-state index contributed by atoms with van der Waals surface area (Å²) in [4.78, 5) is 32.1. The number of piperidine rings is 1. The van der Waals surface area contributed by atoms with E-state index in [1.54, 1.807) is 46.4 Å². The topological polar surface area (TPSA) is 89.0 Å². The van der Waals surface area contributed by atoms with Crippen molar-refractivity contribution < 1.29 is 28.6 Å². The normalized spacial score (nSPS) is 21.9. The fourth-order valence-corrected chi connectivity index (χ4v) is 4.60. The minimum atomic E-state index is -1.43. The van der Waals surface area contributed by atoms with E-state index in [1.807, 2.05) is 6.92 Å². The predicted octanol–water partition coefficient (Wildman–Crippen LogP) is 5.50. The van der Waals surface area contributed by atoms with Crippen LogP contribution in [-0.4, -0.2) is 50.8 Å². The first-order valence-electron chi connectivity index (χ1n) is 11.5. The van der Waals surface area contributed by atoms with Crippen molar-refractivity contribution in [2.75, 3.05) is 6.54 Å². The minimum absolute atomic E-state index is 0.0250. The molecule has 1 aromatic heterocycles. The number of hydrogen-bond donors (Lipinski definition) is 1. The Balaban J connectivity index is 2.46. The summed E-state index contributed by atoms with van der Waals surface area (Å²) in [5.41, 5.74) is -3.77. The quantitative estimate of drug-likeness (QED) is 0.397. The summed E-state index contributed by atoms with van der Waals surface area (Å²) in [5.74, 6) is -1.11. The van der Waals surface area contributed by atoms with Crippen molar-refractivity contribution in [3.8, 4) is 0 Å². The zero-order valence-corrected chi connectivity index (χ0v) is 23.3. The second kappa shape index (κ2) is 9.72. The molecule has 0 unspecified atom stereocenters. The molecule has 1 N–H and O–H groups in total. The van der Waals surface area contributed by atoms with Crippen LogP contribution < -0.4 is 0 Å².